The second kappa shape index (κ2) is 10.1. The lowest BCUT2D eigenvalue weighted by Crippen LogP contribution is -2.17. The van der Waals surface area contributed by atoms with Gasteiger partial charge in [0.15, 0.2) is 5.69 Å². The number of nitrogens with one attached hydrogen (secondary N) is 1. The molecule has 0 aliphatic heterocycles. The number of rotatable bonds is 8. The van der Waals surface area contributed by atoms with Gasteiger partial charge in [-0.3, -0.25) is 4.79 Å². The molecular weight excluding hydrogens is 416 g/mol. The van der Waals surface area contributed by atoms with E-state index in [2.05, 4.69) is 43.3 Å². The Bertz CT molecular complexity index is 1130. The van der Waals surface area contributed by atoms with Crippen LogP contribution in [0.25, 0.3) is 5.69 Å². The second-order valence-corrected chi connectivity index (χ2v) is 9.23. The summed E-state index contributed by atoms with van der Waals surface area (Å²) in [6, 6.07) is 11.7. The SMILES string of the molecule is CCCCOc1ccc(C(C)(C)C)cc1NC(=O)c1nnn(-c2cc(C)ccc2OC)c1C. The van der Waals surface area contributed by atoms with Crippen molar-refractivity contribution in [1.82, 2.24) is 15.0 Å². The van der Waals surface area contributed by atoms with E-state index in [0.717, 1.165) is 29.7 Å². The summed E-state index contributed by atoms with van der Waals surface area (Å²) >= 11 is 0. The van der Waals surface area contributed by atoms with Crippen LogP contribution >= 0.6 is 0 Å². The monoisotopic (exact) mass is 450 g/mol. The van der Waals surface area contributed by atoms with E-state index in [-0.39, 0.29) is 17.0 Å². The predicted molar refractivity (Wildman–Crippen MR) is 131 cm³/mol. The third-order valence-electron chi connectivity index (χ3n) is 5.52. The first-order valence-corrected chi connectivity index (χ1v) is 11.3. The molecule has 33 heavy (non-hydrogen) atoms. The zero-order chi connectivity index (χ0) is 24.2. The number of amides is 1. The Morgan fingerprint density at radius 3 is 2.48 bits per heavy atom. The molecule has 0 saturated carbocycles. The highest BCUT2D eigenvalue weighted by Crippen LogP contribution is 2.32. The van der Waals surface area contributed by atoms with Crippen LogP contribution in [0.3, 0.4) is 0 Å². The highest BCUT2D eigenvalue weighted by atomic mass is 16.5. The molecule has 1 N–H and O–H groups in total. The Morgan fingerprint density at radius 1 is 1.09 bits per heavy atom. The lowest BCUT2D eigenvalue weighted by Gasteiger charge is -2.21. The van der Waals surface area contributed by atoms with Gasteiger partial charge in [0, 0.05) is 0 Å². The number of anilines is 1. The standard InChI is InChI=1S/C26H34N4O3/c1-8-9-14-33-22-13-11-19(26(4,5)6)16-20(22)27-25(31)24-18(3)30(29-28-24)21-15-17(2)10-12-23(21)32-7/h10-13,15-16H,8-9,14H2,1-7H3,(H,27,31). The van der Waals surface area contributed by atoms with Gasteiger partial charge in [-0.1, -0.05) is 51.5 Å². The van der Waals surface area contributed by atoms with E-state index >= 15 is 0 Å². The van der Waals surface area contributed by atoms with Crippen molar-refractivity contribution < 1.29 is 14.3 Å². The van der Waals surface area contributed by atoms with E-state index in [9.17, 15) is 4.79 Å². The molecule has 0 atom stereocenters. The largest absolute Gasteiger partial charge is 0.494 e. The molecule has 0 radical (unpaired) electrons. The van der Waals surface area contributed by atoms with E-state index < -0.39 is 0 Å². The maximum atomic E-state index is 13.2. The van der Waals surface area contributed by atoms with E-state index in [4.69, 9.17) is 9.47 Å². The first-order valence-electron chi connectivity index (χ1n) is 11.3. The molecule has 1 heterocycles. The summed E-state index contributed by atoms with van der Waals surface area (Å²) in [5.74, 6) is 0.969. The fourth-order valence-electron chi connectivity index (χ4n) is 3.46. The van der Waals surface area contributed by atoms with Crippen LogP contribution in [0.1, 0.15) is 67.8 Å². The Balaban J connectivity index is 1.94. The predicted octanol–water partition coefficient (Wildman–Crippen LogP) is 5.62. The zero-order valence-corrected chi connectivity index (χ0v) is 20.7. The minimum absolute atomic E-state index is 0.0673. The van der Waals surface area contributed by atoms with Gasteiger partial charge < -0.3 is 14.8 Å². The number of unbranched alkanes of at least 4 members (excludes halogenated alkanes) is 1. The van der Waals surface area contributed by atoms with Gasteiger partial charge in [0.2, 0.25) is 0 Å². The number of aryl methyl sites for hydroxylation is 1. The summed E-state index contributed by atoms with van der Waals surface area (Å²) in [5, 5.41) is 11.4. The van der Waals surface area contributed by atoms with Crippen molar-refractivity contribution in [3.8, 4) is 17.2 Å². The molecule has 0 fully saturated rings. The average molecular weight is 451 g/mol. The van der Waals surface area contributed by atoms with Gasteiger partial charge in [0.1, 0.15) is 17.2 Å². The first kappa shape index (κ1) is 24.3. The number of aromatic nitrogens is 3. The molecule has 1 amide bonds. The molecule has 2 aromatic carbocycles. The van der Waals surface area contributed by atoms with Gasteiger partial charge in [0.25, 0.3) is 5.91 Å². The number of hydrogen-bond acceptors (Lipinski definition) is 5. The highest BCUT2D eigenvalue weighted by molar-refractivity contribution is 6.04. The van der Waals surface area contributed by atoms with Crippen LogP contribution in [0.5, 0.6) is 11.5 Å². The van der Waals surface area contributed by atoms with Crippen molar-refractivity contribution in [1.29, 1.82) is 0 Å². The third kappa shape index (κ3) is 5.53. The third-order valence-corrected chi connectivity index (χ3v) is 5.52. The van der Waals surface area contributed by atoms with E-state index in [1.54, 1.807) is 11.8 Å². The van der Waals surface area contributed by atoms with Crippen LogP contribution < -0.4 is 14.8 Å². The number of benzene rings is 2. The molecule has 0 aliphatic carbocycles. The summed E-state index contributed by atoms with van der Waals surface area (Å²) in [4.78, 5) is 13.2. The maximum absolute atomic E-state index is 13.2. The van der Waals surface area contributed by atoms with E-state index in [1.807, 2.05) is 50.2 Å². The van der Waals surface area contributed by atoms with Crippen molar-refractivity contribution >= 4 is 11.6 Å². The normalized spacial score (nSPS) is 11.4. The minimum atomic E-state index is -0.336. The number of methoxy groups -OCH3 is 1. The number of ether oxygens (including phenoxy) is 2. The molecule has 7 nitrogen and oxygen atoms in total. The van der Waals surface area contributed by atoms with E-state index in [1.165, 1.54) is 0 Å². The molecule has 3 rings (SSSR count). The minimum Gasteiger partial charge on any atom is -0.494 e. The van der Waals surface area contributed by atoms with Crippen molar-refractivity contribution in [3.05, 3.63) is 58.9 Å². The molecule has 3 aromatic rings. The molecule has 0 saturated heterocycles. The van der Waals surface area contributed by atoms with Crippen molar-refractivity contribution in [2.24, 2.45) is 0 Å². The van der Waals surface area contributed by atoms with Crippen molar-refractivity contribution in [3.63, 3.8) is 0 Å². The van der Waals surface area contributed by atoms with Crippen molar-refractivity contribution in [2.45, 2.75) is 59.8 Å². The molecule has 0 spiro atoms. The summed E-state index contributed by atoms with van der Waals surface area (Å²) in [6.07, 6.45) is 1.98. The quantitative estimate of drug-likeness (QED) is 0.451. The van der Waals surface area contributed by atoms with Crippen LogP contribution in [0.2, 0.25) is 0 Å². The maximum Gasteiger partial charge on any atom is 0.278 e. The topological polar surface area (TPSA) is 78.3 Å². The molecule has 0 bridgehead atoms. The average Bonchev–Trinajstić information content (AvgIpc) is 3.15. The molecular formula is C26H34N4O3. The van der Waals surface area contributed by atoms with E-state index in [0.29, 0.717) is 29.5 Å². The van der Waals surface area contributed by atoms with Crippen molar-refractivity contribution in [2.75, 3.05) is 19.0 Å². The summed E-state index contributed by atoms with van der Waals surface area (Å²) < 4.78 is 13.1. The first-order chi connectivity index (χ1) is 15.7. The van der Waals surface area contributed by atoms with Gasteiger partial charge >= 0.3 is 0 Å². The molecule has 176 valence electrons. The number of carbonyl (C=O) groups is 1. The highest BCUT2D eigenvalue weighted by Gasteiger charge is 2.22. The summed E-state index contributed by atoms with van der Waals surface area (Å²) in [6.45, 7) is 12.9. The molecule has 0 unspecified atom stereocenters. The number of hydrogen-bond donors (Lipinski definition) is 1. The lowest BCUT2D eigenvalue weighted by molar-refractivity contribution is 0.102. The van der Waals surface area contributed by atoms with Gasteiger partial charge in [-0.05, 0) is 61.1 Å². The van der Waals surface area contributed by atoms with Crippen LogP contribution in [0.15, 0.2) is 36.4 Å². The van der Waals surface area contributed by atoms with Gasteiger partial charge in [-0.25, -0.2) is 4.68 Å². The lowest BCUT2D eigenvalue weighted by atomic mass is 9.87. The smallest absolute Gasteiger partial charge is 0.278 e. The summed E-state index contributed by atoms with van der Waals surface area (Å²) in [5.41, 5.74) is 4.33. The van der Waals surface area contributed by atoms with Gasteiger partial charge in [-0.15, -0.1) is 5.10 Å². The molecule has 7 heteroatoms. The fraction of sp³-hybridized carbons (Fsp3) is 0.423. The second-order valence-electron chi connectivity index (χ2n) is 9.23. The number of nitrogens with zero attached hydrogens (tertiary/aromatic N) is 3. The Kier molecular flexibility index (Phi) is 7.41. The van der Waals surface area contributed by atoms with Crippen LogP contribution in [0.4, 0.5) is 5.69 Å². The van der Waals surface area contributed by atoms with Gasteiger partial charge in [0.05, 0.1) is 25.1 Å². The van der Waals surface area contributed by atoms with Crippen LogP contribution in [-0.2, 0) is 5.41 Å². The Hall–Kier alpha value is -3.35. The fourth-order valence-corrected chi connectivity index (χ4v) is 3.46. The van der Waals surface area contributed by atoms with Crippen LogP contribution in [0, 0.1) is 13.8 Å². The van der Waals surface area contributed by atoms with Crippen LogP contribution in [-0.4, -0.2) is 34.6 Å². The zero-order valence-electron chi connectivity index (χ0n) is 20.7. The summed E-state index contributed by atoms with van der Waals surface area (Å²) in [7, 11) is 1.61. The molecule has 0 aliphatic rings. The van der Waals surface area contributed by atoms with Gasteiger partial charge in [-0.2, -0.15) is 0 Å². The Labute approximate surface area is 196 Å². The Morgan fingerprint density at radius 2 is 1.82 bits per heavy atom. The molecule has 1 aromatic heterocycles. The number of carbonyl (C=O) groups excluding carboxylic acids is 1.